The molecule has 8 aromatic rings. The summed E-state index contributed by atoms with van der Waals surface area (Å²) in [6.45, 7) is 8.89. The van der Waals surface area contributed by atoms with Crippen molar-refractivity contribution in [2.45, 2.75) is 40.5 Å². The molecule has 4 heterocycles. The van der Waals surface area contributed by atoms with Crippen molar-refractivity contribution in [2.75, 3.05) is 0 Å². The van der Waals surface area contributed by atoms with Gasteiger partial charge in [0.25, 0.3) is 0 Å². The summed E-state index contributed by atoms with van der Waals surface area (Å²) in [4.78, 5) is 22.3. The molecule has 8 rings (SSSR count). The van der Waals surface area contributed by atoms with Gasteiger partial charge < -0.3 is 24.0 Å². The van der Waals surface area contributed by atoms with Crippen LogP contribution in [0.15, 0.2) is 110 Å². The average molecular weight is 994 g/mol. The number of pyridine rings is 2. The number of nitrogens with zero attached hydrogens (tertiary/aromatic N) is 6. The maximum absolute atomic E-state index is 6.55. The first-order chi connectivity index (χ1) is 25.9. The monoisotopic (exact) mass is 993 g/mol. The Hall–Kier alpha value is -5.06. The summed E-state index contributed by atoms with van der Waals surface area (Å²) in [6, 6.07) is 41.5. The third kappa shape index (κ3) is 8.76. The van der Waals surface area contributed by atoms with Crippen LogP contribution in [0, 0.1) is 36.1 Å². The Labute approximate surface area is 349 Å². The van der Waals surface area contributed by atoms with Gasteiger partial charge >= 0.3 is 41.5 Å². The molecule has 0 saturated carbocycles. The van der Waals surface area contributed by atoms with Gasteiger partial charge in [0.15, 0.2) is 0 Å². The molecule has 0 unspecified atom stereocenters. The predicted octanol–water partition coefficient (Wildman–Crippen LogP) is 10.3. The maximum atomic E-state index is 6.55. The minimum Gasteiger partial charge on any atom is -0.503 e. The first-order valence-corrected chi connectivity index (χ1v) is 17.7. The molecule has 0 N–H and O–H groups in total. The van der Waals surface area contributed by atoms with Gasteiger partial charge in [-0.05, 0) is 48.2 Å². The SMILES string of the molecule is CC(C)Cc1cc(Oc2[c-]c(-c3ccccn3)ccc2)[c-]c2c1c1c(CC(C)C)cc(Oc3[c-]c(-c4ccccn4)ccc3)[c-]c1n2-c1ncncn1.[Pd+2].[Pt+2]. The van der Waals surface area contributed by atoms with E-state index in [0.29, 0.717) is 40.8 Å². The van der Waals surface area contributed by atoms with E-state index in [2.05, 4.69) is 89.0 Å². The number of hydrogen-bond donors (Lipinski definition) is 0. The van der Waals surface area contributed by atoms with Crippen molar-refractivity contribution in [1.82, 2.24) is 29.5 Å². The molecular formula is C45H36N6O2PdPt. The summed E-state index contributed by atoms with van der Waals surface area (Å²) in [7, 11) is 0. The Morgan fingerprint density at radius 3 is 1.45 bits per heavy atom. The zero-order valence-corrected chi connectivity index (χ0v) is 34.4. The van der Waals surface area contributed by atoms with Crippen LogP contribution in [-0.4, -0.2) is 29.5 Å². The van der Waals surface area contributed by atoms with E-state index in [0.717, 1.165) is 68.3 Å². The zero-order valence-electron chi connectivity index (χ0n) is 30.6. The van der Waals surface area contributed by atoms with Crippen LogP contribution in [-0.2, 0) is 54.3 Å². The quantitative estimate of drug-likeness (QED) is 0.0942. The summed E-state index contributed by atoms with van der Waals surface area (Å²) in [5.74, 6) is 3.42. The van der Waals surface area contributed by atoms with E-state index in [1.807, 2.05) is 77.4 Å². The molecule has 0 atom stereocenters. The third-order valence-corrected chi connectivity index (χ3v) is 8.70. The van der Waals surface area contributed by atoms with Crippen LogP contribution in [0.5, 0.6) is 23.0 Å². The van der Waals surface area contributed by atoms with Crippen LogP contribution < -0.4 is 9.47 Å². The summed E-state index contributed by atoms with van der Waals surface area (Å²) in [5, 5.41) is 2.13. The fourth-order valence-corrected chi connectivity index (χ4v) is 6.66. The second-order valence-electron chi connectivity index (χ2n) is 13.7. The van der Waals surface area contributed by atoms with Crippen LogP contribution in [0.2, 0.25) is 0 Å². The standard InChI is InChI=1S/C45H36N6O2.Pd.Pt/c1-29(2)19-33-23-37(52-35-13-9-11-31(21-35)39-15-5-7-17-47-39)25-41-43(33)44-34(20-30(3)4)24-38(26-42(44)51(41)45-49-27-46-28-50-45)53-36-14-10-12-32(22-36)40-16-6-8-18-48-40;;/h5-18,23-24,27-30H,19-20H2,1-4H3;;/q-4;2*+2. The van der Waals surface area contributed by atoms with Gasteiger partial charge in [-0.1, -0.05) is 75.1 Å². The van der Waals surface area contributed by atoms with Crippen LogP contribution in [0.3, 0.4) is 0 Å². The van der Waals surface area contributed by atoms with Crippen LogP contribution in [0.4, 0.5) is 0 Å². The molecule has 0 amide bonds. The first-order valence-electron chi connectivity index (χ1n) is 17.7. The van der Waals surface area contributed by atoms with Crippen molar-refractivity contribution in [2.24, 2.45) is 11.8 Å². The van der Waals surface area contributed by atoms with Gasteiger partial charge in [-0.25, -0.2) is 15.0 Å². The topological polar surface area (TPSA) is 87.8 Å². The van der Waals surface area contributed by atoms with E-state index in [4.69, 9.17) is 9.47 Å². The Morgan fingerprint density at radius 1 is 0.564 bits per heavy atom. The predicted molar refractivity (Wildman–Crippen MR) is 206 cm³/mol. The first kappa shape index (κ1) is 39.6. The minimum absolute atomic E-state index is 0. The molecule has 0 aliphatic rings. The van der Waals surface area contributed by atoms with E-state index in [9.17, 15) is 0 Å². The molecule has 0 radical (unpaired) electrons. The van der Waals surface area contributed by atoms with Crippen molar-refractivity contribution in [1.29, 1.82) is 0 Å². The molecule has 0 spiro atoms. The molecule has 0 fully saturated rings. The maximum Gasteiger partial charge on any atom is 2.00 e. The number of rotatable bonds is 11. The molecule has 8 nitrogen and oxygen atoms in total. The largest absolute Gasteiger partial charge is 2.00 e. The molecular weight excluding hydrogens is 958 g/mol. The van der Waals surface area contributed by atoms with Crippen molar-refractivity contribution < 1.29 is 51.0 Å². The van der Waals surface area contributed by atoms with E-state index < -0.39 is 0 Å². The molecule has 0 aliphatic heterocycles. The fraction of sp³-hybridized carbons (Fsp3) is 0.178. The van der Waals surface area contributed by atoms with Crippen molar-refractivity contribution >= 4 is 21.8 Å². The number of hydrogen-bond acceptors (Lipinski definition) is 7. The molecule has 4 aromatic heterocycles. The molecule has 0 aliphatic carbocycles. The zero-order chi connectivity index (χ0) is 36.3. The van der Waals surface area contributed by atoms with E-state index in [1.54, 1.807) is 12.4 Å². The second-order valence-corrected chi connectivity index (χ2v) is 13.7. The van der Waals surface area contributed by atoms with Gasteiger partial charge in [-0.15, -0.1) is 71.8 Å². The molecule has 0 saturated heterocycles. The summed E-state index contributed by atoms with van der Waals surface area (Å²) < 4.78 is 15.1. The third-order valence-electron chi connectivity index (χ3n) is 8.70. The van der Waals surface area contributed by atoms with Gasteiger partial charge in [0.05, 0.1) is 0 Å². The summed E-state index contributed by atoms with van der Waals surface area (Å²) in [5.41, 5.74) is 7.14. The smallest absolute Gasteiger partial charge is 0.503 e. The summed E-state index contributed by atoms with van der Waals surface area (Å²) >= 11 is 0. The fourth-order valence-electron chi connectivity index (χ4n) is 6.66. The van der Waals surface area contributed by atoms with Crippen LogP contribution in [0.25, 0.3) is 50.3 Å². The molecule has 55 heavy (non-hydrogen) atoms. The van der Waals surface area contributed by atoms with Gasteiger partial charge in [0.1, 0.15) is 12.7 Å². The molecule has 10 heteroatoms. The second kappa shape index (κ2) is 17.6. The molecule has 278 valence electrons. The summed E-state index contributed by atoms with van der Waals surface area (Å²) in [6.07, 6.45) is 8.17. The van der Waals surface area contributed by atoms with E-state index in [1.165, 1.54) is 12.7 Å². The van der Waals surface area contributed by atoms with E-state index >= 15 is 0 Å². The van der Waals surface area contributed by atoms with Gasteiger partial charge in [-0.3, -0.25) is 0 Å². The van der Waals surface area contributed by atoms with Gasteiger partial charge in [0, 0.05) is 35.4 Å². The Kier molecular flexibility index (Phi) is 12.7. The number of ether oxygens (including phenoxy) is 2. The Balaban J connectivity index is 0.00000257. The van der Waals surface area contributed by atoms with Crippen LogP contribution in [0.1, 0.15) is 38.8 Å². The minimum atomic E-state index is 0. The average Bonchev–Trinajstić information content (AvgIpc) is 3.50. The number of aromatic nitrogens is 6. The molecule has 4 aromatic carbocycles. The van der Waals surface area contributed by atoms with Crippen molar-refractivity contribution in [3.05, 3.63) is 145 Å². The van der Waals surface area contributed by atoms with Crippen LogP contribution >= 0.6 is 0 Å². The number of benzene rings is 4. The van der Waals surface area contributed by atoms with Crippen molar-refractivity contribution in [3.8, 4) is 51.5 Å². The molecule has 0 bridgehead atoms. The Bertz CT molecular complexity index is 2370. The van der Waals surface area contributed by atoms with Gasteiger partial charge in [-0.2, -0.15) is 21.9 Å². The van der Waals surface area contributed by atoms with Crippen molar-refractivity contribution in [3.63, 3.8) is 0 Å². The Morgan fingerprint density at radius 2 is 1.04 bits per heavy atom. The number of fused-ring (bicyclic) bond motifs is 3. The van der Waals surface area contributed by atoms with Gasteiger partial charge in [0.2, 0.25) is 5.95 Å². The normalized spacial score (nSPS) is 11.1. The van der Waals surface area contributed by atoms with E-state index in [-0.39, 0.29) is 41.5 Å².